The van der Waals surface area contributed by atoms with E-state index in [1.54, 1.807) is 35.6 Å². The summed E-state index contributed by atoms with van der Waals surface area (Å²) in [6.45, 7) is 5.58. The van der Waals surface area contributed by atoms with E-state index in [9.17, 15) is 4.79 Å². The number of benzene rings is 2. The van der Waals surface area contributed by atoms with Crippen molar-refractivity contribution < 1.29 is 4.79 Å². The minimum atomic E-state index is -0.00929. The molecule has 0 saturated carbocycles. The summed E-state index contributed by atoms with van der Waals surface area (Å²) in [5.41, 5.74) is 4.06. The average Bonchev–Trinajstić information content (AvgIpc) is 3.44. The first-order valence-corrected chi connectivity index (χ1v) is 11.9. The van der Waals surface area contributed by atoms with Crippen LogP contribution in [0.2, 0.25) is 0 Å². The van der Waals surface area contributed by atoms with Crippen LogP contribution < -0.4 is 4.90 Å². The van der Waals surface area contributed by atoms with E-state index in [0.29, 0.717) is 12.1 Å². The zero-order valence-corrected chi connectivity index (χ0v) is 19.0. The minimum absolute atomic E-state index is 0.00929. The highest BCUT2D eigenvalue weighted by Crippen LogP contribution is 2.33. The Morgan fingerprint density at radius 2 is 2.10 bits per heavy atom. The van der Waals surface area contributed by atoms with E-state index in [4.69, 9.17) is 4.98 Å². The van der Waals surface area contributed by atoms with Gasteiger partial charge in [-0.3, -0.25) is 9.69 Å². The summed E-state index contributed by atoms with van der Waals surface area (Å²) in [5.74, 6) is -0.00929. The van der Waals surface area contributed by atoms with Gasteiger partial charge in [0.1, 0.15) is 0 Å². The van der Waals surface area contributed by atoms with Crippen LogP contribution in [-0.2, 0) is 6.54 Å². The predicted molar refractivity (Wildman–Crippen MR) is 126 cm³/mol. The van der Waals surface area contributed by atoms with Crippen molar-refractivity contribution in [2.45, 2.75) is 31.7 Å². The lowest BCUT2D eigenvalue weighted by Crippen LogP contribution is -2.32. The van der Waals surface area contributed by atoms with Crippen LogP contribution in [0, 0.1) is 13.8 Å². The van der Waals surface area contributed by atoms with Crippen molar-refractivity contribution in [1.29, 1.82) is 0 Å². The molecule has 7 heteroatoms. The molecule has 2 aromatic heterocycles. The molecule has 0 aliphatic carbocycles. The molecule has 0 radical (unpaired) electrons. The Kier molecular flexibility index (Phi) is 6.20. The van der Waals surface area contributed by atoms with Crippen LogP contribution in [0.3, 0.4) is 0 Å². The second kappa shape index (κ2) is 9.02. The van der Waals surface area contributed by atoms with Crippen molar-refractivity contribution in [3.05, 3.63) is 71.8 Å². The highest BCUT2D eigenvalue weighted by molar-refractivity contribution is 7.98. The number of carbonyl (C=O) groups is 1. The molecule has 1 amide bonds. The minimum Gasteiger partial charge on any atom is -0.337 e. The third kappa shape index (κ3) is 4.27. The van der Waals surface area contributed by atoms with Gasteiger partial charge in [-0.1, -0.05) is 23.5 Å². The van der Waals surface area contributed by atoms with Crippen LogP contribution >= 0.6 is 23.1 Å². The number of fused-ring (bicyclic) bond motifs is 1. The monoisotopic (exact) mass is 436 g/mol. The Labute approximate surface area is 184 Å². The van der Waals surface area contributed by atoms with E-state index in [1.165, 1.54) is 11.1 Å². The lowest BCUT2D eigenvalue weighted by Gasteiger charge is -2.20. The quantitative estimate of drug-likeness (QED) is 0.356. The molecule has 30 heavy (non-hydrogen) atoms. The number of rotatable bonds is 7. The fraction of sp³-hybridized carbons (Fsp3) is 0.261. The summed E-state index contributed by atoms with van der Waals surface area (Å²) < 4.78 is 3.14. The van der Waals surface area contributed by atoms with Gasteiger partial charge in [0.2, 0.25) is 0 Å². The maximum absolute atomic E-state index is 13.5. The van der Waals surface area contributed by atoms with Crippen LogP contribution in [0.5, 0.6) is 0 Å². The zero-order valence-electron chi connectivity index (χ0n) is 17.3. The fourth-order valence-corrected chi connectivity index (χ4v) is 4.87. The molecule has 0 spiro atoms. The Balaban J connectivity index is 1.67. The first kappa shape index (κ1) is 20.6. The average molecular weight is 437 g/mol. The number of carbonyl (C=O) groups excluding carboxylic acids is 1. The van der Waals surface area contributed by atoms with Crippen molar-refractivity contribution >= 4 is 44.4 Å². The van der Waals surface area contributed by atoms with Crippen LogP contribution in [0.1, 0.15) is 27.9 Å². The number of nitrogens with zero attached hydrogens (tertiary/aromatic N) is 4. The highest BCUT2D eigenvalue weighted by atomic mass is 32.2. The second-order valence-electron chi connectivity index (χ2n) is 7.19. The topological polar surface area (TPSA) is 51.0 Å². The largest absolute Gasteiger partial charge is 0.337 e. The van der Waals surface area contributed by atoms with E-state index in [1.807, 2.05) is 46.2 Å². The third-order valence-electron chi connectivity index (χ3n) is 5.22. The first-order chi connectivity index (χ1) is 14.6. The molecular formula is C23H24N4OS2. The van der Waals surface area contributed by atoms with Gasteiger partial charge in [-0.15, -0.1) is 11.8 Å². The van der Waals surface area contributed by atoms with Gasteiger partial charge in [-0.05, 0) is 61.9 Å². The molecular weight excluding hydrogens is 412 g/mol. The van der Waals surface area contributed by atoms with E-state index >= 15 is 0 Å². The van der Waals surface area contributed by atoms with Crippen LogP contribution in [-0.4, -0.2) is 33.2 Å². The van der Waals surface area contributed by atoms with Crippen molar-refractivity contribution in [2.75, 3.05) is 17.7 Å². The highest BCUT2D eigenvalue weighted by Gasteiger charge is 2.22. The maximum Gasteiger partial charge on any atom is 0.260 e. The van der Waals surface area contributed by atoms with Crippen molar-refractivity contribution in [3.63, 3.8) is 0 Å². The van der Waals surface area contributed by atoms with Crippen molar-refractivity contribution in [1.82, 2.24) is 14.5 Å². The molecule has 0 bridgehead atoms. The van der Waals surface area contributed by atoms with E-state index in [2.05, 4.69) is 31.0 Å². The normalized spacial score (nSPS) is 11.2. The van der Waals surface area contributed by atoms with Gasteiger partial charge in [0, 0.05) is 35.9 Å². The molecule has 0 unspecified atom stereocenters. The number of hydrogen-bond donors (Lipinski definition) is 0. The van der Waals surface area contributed by atoms with Gasteiger partial charge in [0.25, 0.3) is 5.91 Å². The van der Waals surface area contributed by atoms with Gasteiger partial charge < -0.3 is 4.57 Å². The molecule has 0 aliphatic rings. The molecule has 2 heterocycles. The van der Waals surface area contributed by atoms with Crippen molar-refractivity contribution in [2.24, 2.45) is 0 Å². The first-order valence-electron chi connectivity index (χ1n) is 9.85. The standard InChI is InChI=1S/C23H24N4OS2/c1-16-8-9-20-21(17(16)2)25-23(30-20)27(12-5-11-26-13-10-24-15-26)22(28)18-6-4-7-19(14-18)29-3/h4,6-10,13-15H,5,11-12H2,1-3H3. The summed E-state index contributed by atoms with van der Waals surface area (Å²) in [7, 11) is 0. The number of aromatic nitrogens is 3. The Bertz CT molecular complexity index is 1170. The SMILES string of the molecule is CSc1cccc(C(=O)N(CCCn2ccnc2)c2nc3c(C)c(C)ccc3s2)c1. The van der Waals surface area contributed by atoms with Gasteiger partial charge in [-0.25, -0.2) is 9.97 Å². The smallest absolute Gasteiger partial charge is 0.260 e. The summed E-state index contributed by atoms with van der Waals surface area (Å²) >= 11 is 3.22. The second-order valence-corrected chi connectivity index (χ2v) is 9.08. The number of hydrogen-bond acceptors (Lipinski definition) is 5. The van der Waals surface area contributed by atoms with Crippen molar-refractivity contribution in [3.8, 4) is 0 Å². The molecule has 154 valence electrons. The molecule has 0 fully saturated rings. The van der Waals surface area contributed by atoms with E-state index in [-0.39, 0.29) is 5.91 Å². The molecule has 2 aromatic carbocycles. The molecule has 4 rings (SSSR count). The Morgan fingerprint density at radius 3 is 2.87 bits per heavy atom. The van der Waals surface area contributed by atoms with Crippen LogP contribution in [0.4, 0.5) is 5.13 Å². The molecule has 5 nitrogen and oxygen atoms in total. The summed E-state index contributed by atoms with van der Waals surface area (Å²) in [6.07, 6.45) is 8.36. The number of imidazole rings is 1. The fourth-order valence-electron chi connectivity index (χ4n) is 3.36. The van der Waals surface area contributed by atoms with Crippen LogP contribution in [0.25, 0.3) is 10.2 Å². The summed E-state index contributed by atoms with van der Waals surface area (Å²) in [5, 5.41) is 0.754. The molecule has 4 aromatic rings. The number of thiazole rings is 1. The van der Waals surface area contributed by atoms with E-state index < -0.39 is 0 Å². The van der Waals surface area contributed by atoms with Crippen LogP contribution in [0.15, 0.2) is 60.0 Å². The number of anilines is 1. The summed E-state index contributed by atoms with van der Waals surface area (Å²) in [4.78, 5) is 25.4. The molecule has 0 N–H and O–H groups in total. The Morgan fingerprint density at radius 1 is 1.23 bits per heavy atom. The number of thioether (sulfide) groups is 1. The van der Waals surface area contributed by atoms with Gasteiger partial charge >= 0.3 is 0 Å². The molecule has 0 atom stereocenters. The lowest BCUT2D eigenvalue weighted by molar-refractivity contribution is 0.0986. The molecule has 0 saturated heterocycles. The number of aryl methyl sites for hydroxylation is 3. The third-order valence-corrected chi connectivity index (χ3v) is 6.99. The van der Waals surface area contributed by atoms with E-state index in [0.717, 1.165) is 33.2 Å². The maximum atomic E-state index is 13.5. The number of amides is 1. The summed E-state index contributed by atoms with van der Waals surface area (Å²) in [6, 6.07) is 12.0. The molecule has 0 aliphatic heterocycles. The Hall–Kier alpha value is -2.64. The predicted octanol–water partition coefficient (Wildman–Crippen LogP) is 5.57. The zero-order chi connectivity index (χ0) is 21.1. The van der Waals surface area contributed by atoms with Gasteiger partial charge in [-0.2, -0.15) is 0 Å². The lowest BCUT2D eigenvalue weighted by atomic mass is 10.1. The van der Waals surface area contributed by atoms with Gasteiger partial charge in [0.15, 0.2) is 5.13 Å². The van der Waals surface area contributed by atoms with Gasteiger partial charge in [0.05, 0.1) is 16.5 Å².